The molecule has 4 amide bonds. The summed E-state index contributed by atoms with van der Waals surface area (Å²) < 4.78 is 5.05. The Morgan fingerprint density at radius 3 is 2.07 bits per heavy atom. The van der Waals surface area contributed by atoms with Crippen molar-refractivity contribution in [1.82, 2.24) is 5.32 Å². The average molecular weight is 384 g/mol. The molecule has 0 aliphatic heterocycles. The predicted molar refractivity (Wildman–Crippen MR) is 104 cm³/mol. The van der Waals surface area contributed by atoms with E-state index in [1.807, 2.05) is 0 Å². The highest BCUT2D eigenvalue weighted by molar-refractivity contribution is 6.39. The zero-order valence-corrected chi connectivity index (χ0v) is 15.4. The molecule has 0 unspecified atom stereocenters. The summed E-state index contributed by atoms with van der Waals surface area (Å²) >= 11 is 0. The lowest BCUT2D eigenvalue weighted by Gasteiger charge is -2.09. The van der Waals surface area contributed by atoms with Crippen molar-refractivity contribution in [2.45, 2.75) is 6.92 Å². The summed E-state index contributed by atoms with van der Waals surface area (Å²) in [5.74, 6) is -2.00. The largest absolute Gasteiger partial charge is 0.497 e. The fourth-order valence-corrected chi connectivity index (χ4v) is 2.17. The van der Waals surface area contributed by atoms with Crippen molar-refractivity contribution in [2.24, 2.45) is 0 Å². The second kappa shape index (κ2) is 9.72. The van der Waals surface area contributed by atoms with Crippen LogP contribution < -0.4 is 26.0 Å². The number of hydrogen-bond acceptors (Lipinski definition) is 5. The normalized spacial score (nSPS) is 9.79. The van der Waals surface area contributed by atoms with Crippen LogP contribution in [0.1, 0.15) is 6.92 Å². The van der Waals surface area contributed by atoms with Crippen LogP contribution in [0.5, 0.6) is 5.75 Å². The van der Waals surface area contributed by atoms with Crippen LogP contribution in [0.3, 0.4) is 0 Å². The molecule has 0 saturated carbocycles. The van der Waals surface area contributed by atoms with Gasteiger partial charge in [0.05, 0.1) is 13.7 Å². The Balaban J connectivity index is 1.80. The molecular weight excluding hydrogens is 364 g/mol. The maximum Gasteiger partial charge on any atom is 0.313 e. The predicted octanol–water partition coefficient (Wildman–Crippen LogP) is 1.35. The molecule has 146 valence electrons. The van der Waals surface area contributed by atoms with Crippen LogP contribution in [0.25, 0.3) is 0 Å². The number of rotatable bonds is 6. The molecule has 2 aromatic carbocycles. The van der Waals surface area contributed by atoms with Gasteiger partial charge in [0.1, 0.15) is 5.75 Å². The SMILES string of the molecule is COc1cccc(NC(=O)CNC(=O)C(=O)Nc2ccc(NC(C)=O)cc2)c1. The molecule has 0 bridgehead atoms. The minimum atomic E-state index is -0.952. The molecule has 4 N–H and O–H groups in total. The molecule has 9 nitrogen and oxygen atoms in total. The van der Waals surface area contributed by atoms with Gasteiger partial charge in [0.2, 0.25) is 11.8 Å². The van der Waals surface area contributed by atoms with Crippen molar-refractivity contribution in [3.8, 4) is 5.75 Å². The summed E-state index contributed by atoms with van der Waals surface area (Å²) in [7, 11) is 1.51. The van der Waals surface area contributed by atoms with Crippen molar-refractivity contribution in [1.29, 1.82) is 0 Å². The van der Waals surface area contributed by atoms with Crippen LogP contribution in [-0.4, -0.2) is 37.3 Å². The van der Waals surface area contributed by atoms with Gasteiger partial charge in [0.15, 0.2) is 0 Å². The van der Waals surface area contributed by atoms with Gasteiger partial charge in [-0.15, -0.1) is 0 Å². The van der Waals surface area contributed by atoms with E-state index in [0.29, 0.717) is 22.8 Å². The van der Waals surface area contributed by atoms with E-state index in [4.69, 9.17) is 4.74 Å². The van der Waals surface area contributed by atoms with Crippen LogP contribution in [0.2, 0.25) is 0 Å². The van der Waals surface area contributed by atoms with Crippen LogP contribution in [0, 0.1) is 0 Å². The fourth-order valence-electron chi connectivity index (χ4n) is 2.17. The van der Waals surface area contributed by atoms with Gasteiger partial charge in [-0.2, -0.15) is 0 Å². The molecule has 9 heteroatoms. The van der Waals surface area contributed by atoms with Gasteiger partial charge in [-0.3, -0.25) is 19.2 Å². The number of carbonyl (C=O) groups is 4. The molecule has 28 heavy (non-hydrogen) atoms. The number of carbonyl (C=O) groups excluding carboxylic acids is 4. The van der Waals surface area contributed by atoms with Crippen molar-refractivity contribution < 1.29 is 23.9 Å². The molecule has 0 fully saturated rings. The zero-order chi connectivity index (χ0) is 20.5. The number of amides is 4. The first-order chi connectivity index (χ1) is 13.4. The molecule has 0 aromatic heterocycles. The highest BCUT2D eigenvalue weighted by atomic mass is 16.5. The van der Waals surface area contributed by atoms with Crippen LogP contribution >= 0.6 is 0 Å². The molecule has 0 aliphatic rings. The first kappa shape index (κ1) is 20.4. The molecule has 0 atom stereocenters. The summed E-state index contributed by atoms with van der Waals surface area (Å²) in [6.45, 7) is 1.01. The molecule has 2 rings (SSSR count). The smallest absolute Gasteiger partial charge is 0.313 e. The van der Waals surface area contributed by atoms with E-state index >= 15 is 0 Å². The van der Waals surface area contributed by atoms with Gasteiger partial charge in [0.25, 0.3) is 0 Å². The van der Waals surface area contributed by atoms with Gasteiger partial charge < -0.3 is 26.0 Å². The van der Waals surface area contributed by atoms with E-state index in [0.717, 1.165) is 0 Å². The quantitative estimate of drug-likeness (QED) is 0.560. The number of benzene rings is 2. The molecule has 0 radical (unpaired) electrons. The first-order valence-electron chi connectivity index (χ1n) is 8.28. The second-order valence-electron chi connectivity index (χ2n) is 5.68. The number of methoxy groups -OCH3 is 1. The molecule has 0 aliphatic carbocycles. The lowest BCUT2D eigenvalue weighted by Crippen LogP contribution is -2.39. The topological polar surface area (TPSA) is 126 Å². The summed E-state index contributed by atoms with van der Waals surface area (Å²) in [6, 6.07) is 12.9. The number of nitrogens with one attached hydrogen (secondary N) is 4. The lowest BCUT2D eigenvalue weighted by molar-refractivity contribution is -0.136. The van der Waals surface area contributed by atoms with Gasteiger partial charge in [0, 0.05) is 30.1 Å². The summed E-state index contributed by atoms with van der Waals surface area (Å²) in [4.78, 5) is 46.6. The first-order valence-corrected chi connectivity index (χ1v) is 8.28. The Bertz CT molecular complexity index is 880. The Morgan fingerprint density at radius 2 is 1.46 bits per heavy atom. The molecule has 0 spiro atoms. The molecule has 0 saturated heterocycles. The Morgan fingerprint density at radius 1 is 0.821 bits per heavy atom. The van der Waals surface area contributed by atoms with Crippen molar-refractivity contribution in [3.05, 3.63) is 48.5 Å². The fraction of sp³-hybridized carbons (Fsp3) is 0.158. The summed E-state index contributed by atoms with van der Waals surface area (Å²) in [5, 5.41) is 9.80. The van der Waals surface area contributed by atoms with Crippen LogP contribution in [-0.2, 0) is 19.2 Å². The second-order valence-corrected chi connectivity index (χ2v) is 5.68. The number of hydrogen-bond donors (Lipinski definition) is 4. The van der Waals surface area contributed by atoms with Crippen molar-refractivity contribution in [2.75, 3.05) is 29.6 Å². The minimum Gasteiger partial charge on any atom is -0.497 e. The van der Waals surface area contributed by atoms with E-state index in [1.165, 1.54) is 26.2 Å². The standard InChI is InChI=1S/C19H20N4O5/c1-12(24)21-13-6-8-14(9-7-13)23-19(27)18(26)20-11-17(25)22-15-4-3-5-16(10-15)28-2/h3-10H,11H2,1-2H3,(H,20,26)(H,21,24)(H,22,25)(H,23,27). The van der Waals surface area contributed by atoms with Crippen molar-refractivity contribution >= 4 is 40.7 Å². The molecule has 0 heterocycles. The highest BCUT2D eigenvalue weighted by Crippen LogP contribution is 2.16. The third kappa shape index (κ3) is 6.45. The van der Waals surface area contributed by atoms with E-state index in [2.05, 4.69) is 21.3 Å². The maximum atomic E-state index is 11.9. The summed E-state index contributed by atoms with van der Waals surface area (Å²) in [5.41, 5.74) is 1.43. The highest BCUT2D eigenvalue weighted by Gasteiger charge is 2.15. The van der Waals surface area contributed by atoms with Gasteiger partial charge in [-0.1, -0.05) is 6.07 Å². The average Bonchev–Trinajstić information content (AvgIpc) is 2.67. The van der Waals surface area contributed by atoms with E-state index in [9.17, 15) is 19.2 Å². The van der Waals surface area contributed by atoms with Crippen molar-refractivity contribution in [3.63, 3.8) is 0 Å². The zero-order valence-electron chi connectivity index (χ0n) is 15.4. The van der Waals surface area contributed by atoms with Crippen LogP contribution in [0.4, 0.5) is 17.1 Å². The number of anilines is 3. The minimum absolute atomic E-state index is 0.219. The Hall–Kier alpha value is -3.88. The molecule has 2 aromatic rings. The van der Waals surface area contributed by atoms with Gasteiger partial charge in [-0.05, 0) is 36.4 Å². The molecular formula is C19H20N4O5. The maximum absolute atomic E-state index is 11.9. The van der Waals surface area contributed by atoms with E-state index in [1.54, 1.807) is 36.4 Å². The summed E-state index contributed by atoms with van der Waals surface area (Å²) in [6.07, 6.45) is 0. The Kier molecular flexibility index (Phi) is 7.09. The third-order valence-electron chi connectivity index (χ3n) is 3.43. The van der Waals surface area contributed by atoms with E-state index < -0.39 is 17.7 Å². The van der Waals surface area contributed by atoms with Crippen LogP contribution in [0.15, 0.2) is 48.5 Å². The number of ether oxygens (including phenoxy) is 1. The van der Waals surface area contributed by atoms with E-state index in [-0.39, 0.29) is 12.5 Å². The lowest BCUT2D eigenvalue weighted by atomic mass is 10.2. The van der Waals surface area contributed by atoms with Gasteiger partial charge >= 0.3 is 11.8 Å². The van der Waals surface area contributed by atoms with Gasteiger partial charge in [-0.25, -0.2) is 0 Å². The monoisotopic (exact) mass is 384 g/mol. The Labute approximate surface area is 161 Å². The third-order valence-corrected chi connectivity index (χ3v) is 3.43.